The normalized spacial score (nSPS) is 12.2. The summed E-state index contributed by atoms with van der Waals surface area (Å²) in [6.07, 6.45) is 1.29. The van der Waals surface area contributed by atoms with Crippen LogP contribution in [0.4, 0.5) is 0 Å². The predicted molar refractivity (Wildman–Crippen MR) is 92.2 cm³/mol. The number of nitrogens with one attached hydrogen (secondary N) is 2. The summed E-state index contributed by atoms with van der Waals surface area (Å²) in [5.74, 6) is -0.331. The van der Waals surface area contributed by atoms with Crippen LogP contribution in [-0.2, 0) is 11.3 Å². The molecular formula is C16H19ClN4O3. The number of likely N-dealkylation sites (N-methyl/N-ethyl adjacent to an activating group) is 1. The van der Waals surface area contributed by atoms with E-state index in [9.17, 15) is 14.4 Å². The topological polar surface area (TPSA) is 87.2 Å². The first-order valence-corrected chi connectivity index (χ1v) is 7.73. The van der Waals surface area contributed by atoms with Crippen molar-refractivity contribution in [1.82, 2.24) is 19.8 Å². The number of aromatic nitrogens is 2. The molecule has 0 saturated carbocycles. The first kappa shape index (κ1) is 18.0. The van der Waals surface area contributed by atoms with Gasteiger partial charge in [0.05, 0.1) is 6.04 Å². The molecule has 1 heterocycles. The van der Waals surface area contributed by atoms with Crippen LogP contribution in [0.5, 0.6) is 0 Å². The predicted octanol–water partition coefficient (Wildman–Crippen LogP) is 0.609. The van der Waals surface area contributed by atoms with Crippen LogP contribution in [-0.4, -0.2) is 41.0 Å². The summed E-state index contributed by atoms with van der Waals surface area (Å²) in [5, 5.41) is 3.42. The number of halogens is 1. The second-order valence-electron chi connectivity index (χ2n) is 5.54. The van der Waals surface area contributed by atoms with Crippen molar-refractivity contribution >= 4 is 17.5 Å². The van der Waals surface area contributed by atoms with Crippen molar-refractivity contribution < 1.29 is 4.79 Å². The molecular weight excluding hydrogens is 332 g/mol. The molecule has 0 saturated heterocycles. The molecule has 0 spiro atoms. The van der Waals surface area contributed by atoms with Crippen LogP contribution in [0.2, 0.25) is 5.02 Å². The zero-order chi connectivity index (χ0) is 17.7. The number of aromatic amines is 1. The van der Waals surface area contributed by atoms with Gasteiger partial charge in [-0.05, 0) is 25.7 Å². The third kappa shape index (κ3) is 4.56. The molecule has 1 atom stereocenters. The van der Waals surface area contributed by atoms with E-state index in [1.54, 1.807) is 6.07 Å². The van der Waals surface area contributed by atoms with Crippen molar-refractivity contribution in [3.05, 3.63) is 68.0 Å². The maximum atomic E-state index is 12.1. The van der Waals surface area contributed by atoms with Gasteiger partial charge >= 0.3 is 5.69 Å². The Kier molecular flexibility index (Phi) is 5.94. The molecule has 1 amide bonds. The van der Waals surface area contributed by atoms with Crippen molar-refractivity contribution in [1.29, 1.82) is 0 Å². The van der Waals surface area contributed by atoms with Gasteiger partial charge in [-0.25, -0.2) is 4.79 Å². The number of hydrogen-bond acceptors (Lipinski definition) is 4. The van der Waals surface area contributed by atoms with Gasteiger partial charge in [0.1, 0.15) is 6.54 Å². The van der Waals surface area contributed by atoms with Gasteiger partial charge in [-0.3, -0.25) is 19.1 Å². The van der Waals surface area contributed by atoms with Crippen LogP contribution in [0.3, 0.4) is 0 Å². The van der Waals surface area contributed by atoms with Crippen molar-refractivity contribution in [2.24, 2.45) is 0 Å². The molecule has 1 unspecified atom stereocenters. The van der Waals surface area contributed by atoms with E-state index in [2.05, 4.69) is 10.3 Å². The van der Waals surface area contributed by atoms with Gasteiger partial charge in [0.25, 0.3) is 5.56 Å². The molecule has 128 valence electrons. The Bertz CT molecular complexity index is 828. The summed E-state index contributed by atoms with van der Waals surface area (Å²) < 4.78 is 1.14. The van der Waals surface area contributed by atoms with Gasteiger partial charge in [-0.15, -0.1) is 0 Å². The Morgan fingerprint density at radius 1 is 1.29 bits per heavy atom. The van der Waals surface area contributed by atoms with Gasteiger partial charge in [0, 0.05) is 23.8 Å². The highest BCUT2D eigenvalue weighted by molar-refractivity contribution is 6.31. The molecule has 0 radical (unpaired) electrons. The van der Waals surface area contributed by atoms with E-state index in [1.165, 1.54) is 12.3 Å². The number of carbonyl (C=O) groups is 1. The smallest absolute Gasteiger partial charge is 0.328 e. The fourth-order valence-electron chi connectivity index (χ4n) is 2.31. The highest BCUT2D eigenvalue weighted by Crippen LogP contribution is 2.25. The molecule has 7 nitrogen and oxygen atoms in total. The Labute approximate surface area is 143 Å². The van der Waals surface area contributed by atoms with E-state index < -0.39 is 11.2 Å². The standard InChI is InChI=1S/C16H19ClN4O3/c1-20(2)13(11-5-3-4-6-12(11)17)9-18-15(23)10-21-8-7-14(22)19-16(21)24/h3-8,13H,9-10H2,1-2H3,(H,18,23)(H,19,22,24). The van der Waals surface area contributed by atoms with E-state index in [0.29, 0.717) is 11.6 Å². The SMILES string of the molecule is CN(C)C(CNC(=O)Cn1ccc(=O)[nH]c1=O)c1ccccc1Cl. The second-order valence-corrected chi connectivity index (χ2v) is 5.95. The van der Waals surface area contributed by atoms with Crippen molar-refractivity contribution in [2.75, 3.05) is 20.6 Å². The number of nitrogens with zero attached hydrogens (tertiary/aromatic N) is 2. The van der Waals surface area contributed by atoms with E-state index in [1.807, 2.05) is 37.2 Å². The minimum Gasteiger partial charge on any atom is -0.353 e. The van der Waals surface area contributed by atoms with E-state index in [4.69, 9.17) is 11.6 Å². The summed E-state index contributed by atoms with van der Waals surface area (Å²) in [7, 11) is 3.79. The minimum atomic E-state index is -0.618. The third-order valence-electron chi connectivity index (χ3n) is 3.59. The second kappa shape index (κ2) is 7.94. The molecule has 2 aromatic rings. The van der Waals surface area contributed by atoms with Gasteiger partial charge in [-0.2, -0.15) is 0 Å². The molecule has 0 aliphatic heterocycles. The lowest BCUT2D eigenvalue weighted by molar-refractivity contribution is -0.121. The van der Waals surface area contributed by atoms with Crippen LogP contribution in [0.1, 0.15) is 11.6 Å². The number of hydrogen-bond donors (Lipinski definition) is 2. The number of rotatable bonds is 6. The number of benzene rings is 1. The first-order valence-electron chi connectivity index (χ1n) is 7.36. The summed E-state index contributed by atoms with van der Waals surface area (Å²) in [6.45, 7) is 0.173. The quantitative estimate of drug-likeness (QED) is 0.799. The summed E-state index contributed by atoms with van der Waals surface area (Å²) in [6, 6.07) is 8.54. The molecule has 24 heavy (non-hydrogen) atoms. The molecule has 2 rings (SSSR count). The Morgan fingerprint density at radius 2 is 2.00 bits per heavy atom. The van der Waals surface area contributed by atoms with E-state index in [-0.39, 0.29) is 18.5 Å². The molecule has 0 aliphatic rings. The lowest BCUT2D eigenvalue weighted by atomic mass is 10.1. The Hall–Kier alpha value is -2.38. The molecule has 0 fully saturated rings. The number of carbonyl (C=O) groups excluding carboxylic acids is 1. The van der Waals surface area contributed by atoms with Gasteiger partial charge in [-0.1, -0.05) is 29.8 Å². The third-order valence-corrected chi connectivity index (χ3v) is 3.94. The average Bonchev–Trinajstić information content (AvgIpc) is 2.51. The van der Waals surface area contributed by atoms with Gasteiger partial charge in [0.15, 0.2) is 0 Å². The molecule has 0 aliphatic carbocycles. The number of amides is 1. The molecule has 8 heteroatoms. The fraction of sp³-hybridized carbons (Fsp3) is 0.312. The summed E-state index contributed by atoms with van der Waals surface area (Å²) in [5.41, 5.74) is -0.207. The molecule has 0 bridgehead atoms. The van der Waals surface area contributed by atoms with E-state index in [0.717, 1.165) is 10.1 Å². The molecule has 1 aromatic heterocycles. The Morgan fingerprint density at radius 3 is 2.62 bits per heavy atom. The van der Waals surface area contributed by atoms with Crippen LogP contribution in [0.15, 0.2) is 46.1 Å². The van der Waals surface area contributed by atoms with Crippen molar-refractivity contribution in [3.8, 4) is 0 Å². The zero-order valence-electron chi connectivity index (χ0n) is 13.5. The fourth-order valence-corrected chi connectivity index (χ4v) is 2.57. The first-order chi connectivity index (χ1) is 11.4. The summed E-state index contributed by atoms with van der Waals surface area (Å²) >= 11 is 6.23. The minimum absolute atomic E-state index is 0.102. The lowest BCUT2D eigenvalue weighted by Gasteiger charge is -2.26. The average molecular weight is 351 g/mol. The van der Waals surface area contributed by atoms with Crippen LogP contribution in [0.25, 0.3) is 0 Å². The Balaban J connectivity index is 2.04. The van der Waals surface area contributed by atoms with Gasteiger partial charge in [0.2, 0.25) is 5.91 Å². The lowest BCUT2D eigenvalue weighted by Crippen LogP contribution is -2.39. The van der Waals surface area contributed by atoms with Crippen molar-refractivity contribution in [2.45, 2.75) is 12.6 Å². The maximum Gasteiger partial charge on any atom is 0.328 e. The maximum absolute atomic E-state index is 12.1. The van der Waals surface area contributed by atoms with Crippen LogP contribution >= 0.6 is 11.6 Å². The van der Waals surface area contributed by atoms with Crippen molar-refractivity contribution in [3.63, 3.8) is 0 Å². The monoisotopic (exact) mass is 350 g/mol. The zero-order valence-corrected chi connectivity index (χ0v) is 14.2. The van der Waals surface area contributed by atoms with Crippen LogP contribution < -0.4 is 16.6 Å². The van der Waals surface area contributed by atoms with Crippen LogP contribution in [0, 0.1) is 0 Å². The molecule has 2 N–H and O–H groups in total. The highest BCUT2D eigenvalue weighted by atomic mass is 35.5. The molecule has 1 aromatic carbocycles. The van der Waals surface area contributed by atoms with E-state index >= 15 is 0 Å². The largest absolute Gasteiger partial charge is 0.353 e. The number of H-pyrrole nitrogens is 1. The van der Waals surface area contributed by atoms with Gasteiger partial charge < -0.3 is 10.2 Å². The summed E-state index contributed by atoms with van der Waals surface area (Å²) in [4.78, 5) is 38.7. The highest BCUT2D eigenvalue weighted by Gasteiger charge is 2.18.